The second kappa shape index (κ2) is 8.95. The standard InChI is InChI=1S/C25H23N3O3S/c26-18-25(15-16-25)27-24(29)23(17-19-7-3-1-4-8-19)28-32(30,31)22-13-11-21(12-14-22)20-9-5-2-6-10-20/h1-14,23,28H,15-17H2,(H,27,29)/t23-/m0/s1. The van der Waals surface area contributed by atoms with Crippen LogP contribution >= 0.6 is 0 Å². The molecule has 1 aliphatic rings. The highest BCUT2D eigenvalue weighted by Crippen LogP contribution is 2.34. The van der Waals surface area contributed by atoms with Gasteiger partial charge in [-0.25, -0.2) is 8.42 Å². The number of nitrogens with zero attached hydrogens (tertiary/aromatic N) is 1. The van der Waals surface area contributed by atoms with E-state index in [4.69, 9.17) is 0 Å². The number of benzene rings is 3. The molecule has 7 heteroatoms. The lowest BCUT2D eigenvalue weighted by molar-refractivity contribution is -0.123. The van der Waals surface area contributed by atoms with Crippen LogP contribution in [0.1, 0.15) is 18.4 Å². The molecule has 0 radical (unpaired) electrons. The van der Waals surface area contributed by atoms with Crippen molar-refractivity contribution in [2.45, 2.75) is 35.7 Å². The monoisotopic (exact) mass is 445 g/mol. The molecule has 0 unspecified atom stereocenters. The first-order valence-corrected chi connectivity index (χ1v) is 11.8. The zero-order valence-corrected chi connectivity index (χ0v) is 18.2. The van der Waals surface area contributed by atoms with Crippen molar-refractivity contribution >= 4 is 15.9 Å². The van der Waals surface area contributed by atoms with Gasteiger partial charge in [0.2, 0.25) is 15.9 Å². The van der Waals surface area contributed by atoms with Crippen molar-refractivity contribution in [1.29, 1.82) is 5.26 Å². The molecule has 0 bridgehead atoms. The summed E-state index contributed by atoms with van der Waals surface area (Å²) >= 11 is 0. The van der Waals surface area contributed by atoms with Gasteiger partial charge in [-0.3, -0.25) is 4.79 Å². The first kappa shape index (κ1) is 21.8. The molecule has 0 heterocycles. The maximum absolute atomic E-state index is 13.1. The van der Waals surface area contributed by atoms with Gasteiger partial charge in [-0.15, -0.1) is 0 Å². The van der Waals surface area contributed by atoms with E-state index in [1.54, 1.807) is 12.1 Å². The number of hydrogen-bond acceptors (Lipinski definition) is 4. The van der Waals surface area contributed by atoms with E-state index in [0.717, 1.165) is 16.7 Å². The fourth-order valence-corrected chi connectivity index (χ4v) is 4.66. The molecule has 2 N–H and O–H groups in total. The van der Waals surface area contributed by atoms with Crippen LogP contribution in [0.25, 0.3) is 11.1 Å². The molecular weight excluding hydrogens is 422 g/mol. The Kier molecular flexibility index (Phi) is 6.08. The Bertz CT molecular complexity index is 1230. The topological polar surface area (TPSA) is 99.1 Å². The van der Waals surface area contributed by atoms with E-state index in [1.807, 2.05) is 60.7 Å². The van der Waals surface area contributed by atoms with Crippen LogP contribution in [0.15, 0.2) is 89.8 Å². The minimum absolute atomic E-state index is 0.0736. The minimum Gasteiger partial charge on any atom is -0.336 e. The summed E-state index contributed by atoms with van der Waals surface area (Å²) in [4.78, 5) is 13.0. The van der Waals surface area contributed by atoms with Crippen LogP contribution in [0.3, 0.4) is 0 Å². The van der Waals surface area contributed by atoms with E-state index in [2.05, 4.69) is 16.1 Å². The van der Waals surface area contributed by atoms with Crippen molar-refractivity contribution in [2.24, 2.45) is 0 Å². The third-order valence-electron chi connectivity index (χ3n) is 5.49. The van der Waals surface area contributed by atoms with Crippen LogP contribution in [0, 0.1) is 11.3 Å². The molecule has 4 rings (SSSR count). The third kappa shape index (κ3) is 5.05. The quantitative estimate of drug-likeness (QED) is 0.555. The van der Waals surface area contributed by atoms with Crippen LogP contribution < -0.4 is 10.0 Å². The van der Waals surface area contributed by atoms with Crippen molar-refractivity contribution < 1.29 is 13.2 Å². The van der Waals surface area contributed by atoms with Gasteiger partial charge in [0.25, 0.3) is 0 Å². The average molecular weight is 446 g/mol. The molecule has 0 saturated heterocycles. The minimum atomic E-state index is -3.96. The summed E-state index contributed by atoms with van der Waals surface area (Å²) in [6.45, 7) is 0. The summed E-state index contributed by atoms with van der Waals surface area (Å²) in [5.74, 6) is -0.502. The van der Waals surface area contributed by atoms with Crippen LogP contribution in [0.4, 0.5) is 0 Å². The third-order valence-corrected chi connectivity index (χ3v) is 6.98. The van der Waals surface area contributed by atoms with Gasteiger partial charge in [-0.1, -0.05) is 72.8 Å². The van der Waals surface area contributed by atoms with Crippen molar-refractivity contribution in [2.75, 3.05) is 0 Å². The second-order valence-electron chi connectivity index (χ2n) is 7.94. The molecule has 0 aliphatic heterocycles. The van der Waals surface area contributed by atoms with Crippen LogP contribution in [-0.2, 0) is 21.2 Å². The van der Waals surface area contributed by atoms with Crippen molar-refractivity contribution in [3.05, 3.63) is 90.5 Å². The van der Waals surface area contributed by atoms with E-state index in [0.29, 0.717) is 12.8 Å². The zero-order chi connectivity index (χ0) is 22.6. The zero-order valence-electron chi connectivity index (χ0n) is 17.4. The smallest absolute Gasteiger partial charge is 0.241 e. The largest absolute Gasteiger partial charge is 0.336 e. The summed E-state index contributed by atoms with van der Waals surface area (Å²) in [6.07, 6.45) is 1.32. The molecular formula is C25H23N3O3S. The molecule has 1 atom stereocenters. The number of nitrogens with one attached hydrogen (secondary N) is 2. The fraction of sp³-hybridized carbons (Fsp3) is 0.200. The summed E-state index contributed by atoms with van der Waals surface area (Å²) in [5, 5.41) is 12.0. The molecule has 3 aromatic rings. The number of carbonyl (C=O) groups excluding carboxylic acids is 1. The summed E-state index contributed by atoms with van der Waals surface area (Å²) in [5.41, 5.74) is 1.82. The van der Waals surface area contributed by atoms with E-state index in [-0.39, 0.29) is 11.3 Å². The molecule has 1 fully saturated rings. The highest BCUT2D eigenvalue weighted by Gasteiger charge is 2.46. The van der Waals surface area contributed by atoms with Gasteiger partial charge in [0, 0.05) is 0 Å². The van der Waals surface area contributed by atoms with Gasteiger partial charge in [0.05, 0.1) is 11.0 Å². The summed E-state index contributed by atoms with van der Waals surface area (Å²) < 4.78 is 28.7. The average Bonchev–Trinajstić information content (AvgIpc) is 3.60. The lowest BCUT2D eigenvalue weighted by Gasteiger charge is -2.20. The van der Waals surface area contributed by atoms with E-state index >= 15 is 0 Å². The van der Waals surface area contributed by atoms with Crippen molar-refractivity contribution in [3.63, 3.8) is 0 Å². The SMILES string of the molecule is N#CC1(NC(=O)[C@H](Cc2ccccc2)NS(=O)(=O)c2ccc(-c3ccccc3)cc2)CC1. The number of rotatable bonds is 8. The van der Waals surface area contributed by atoms with E-state index < -0.39 is 27.5 Å². The van der Waals surface area contributed by atoms with Crippen LogP contribution in [0.5, 0.6) is 0 Å². The molecule has 6 nitrogen and oxygen atoms in total. The molecule has 32 heavy (non-hydrogen) atoms. The summed E-state index contributed by atoms with van der Waals surface area (Å²) in [7, 11) is -3.96. The molecule has 0 spiro atoms. The predicted octanol–water partition coefficient (Wildman–Crippen LogP) is 3.42. The highest BCUT2D eigenvalue weighted by molar-refractivity contribution is 7.89. The number of hydrogen-bond donors (Lipinski definition) is 2. The predicted molar refractivity (Wildman–Crippen MR) is 122 cm³/mol. The Hall–Kier alpha value is -3.47. The van der Waals surface area contributed by atoms with Gasteiger partial charge >= 0.3 is 0 Å². The Balaban J connectivity index is 1.56. The summed E-state index contributed by atoms with van der Waals surface area (Å²) in [6, 6.07) is 26.4. The van der Waals surface area contributed by atoms with Crippen molar-refractivity contribution in [3.8, 4) is 17.2 Å². The maximum atomic E-state index is 13.1. The normalized spacial score (nSPS) is 15.3. The Morgan fingerprint density at radius 1 is 0.906 bits per heavy atom. The van der Waals surface area contributed by atoms with E-state index in [1.165, 1.54) is 12.1 Å². The number of amides is 1. The molecule has 0 aromatic heterocycles. The van der Waals surface area contributed by atoms with Gasteiger partial charge in [0.1, 0.15) is 11.6 Å². The first-order chi connectivity index (χ1) is 15.4. The lowest BCUT2D eigenvalue weighted by Crippen LogP contribution is -2.51. The molecule has 1 saturated carbocycles. The van der Waals surface area contributed by atoms with E-state index in [9.17, 15) is 18.5 Å². The maximum Gasteiger partial charge on any atom is 0.241 e. The van der Waals surface area contributed by atoms with Gasteiger partial charge in [-0.2, -0.15) is 9.98 Å². The van der Waals surface area contributed by atoms with Crippen LogP contribution in [-0.4, -0.2) is 25.9 Å². The number of nitriles is 1. The second-order valence-corrected chi connectivity index (χ2v) is 9.65. The molecule has 3 aromatic carbocycles. The number of carbonyl (C=O) groups is 1. The Morgan fingerprint density at radius 2 is 1.47 bits per heavy atom. The highest BCUT2D eigenvalue weighted by atomic mass is 32.2. The molecule has 1 aliphatic carbocycles. The lowest BCUT2D eigenvalue weighted by atomic mass is 10.1. The van der Waals surface area contributed by atoms with Gasteiger partial charge in [0.15, 0.2) is 0 Å². The van der Waals surface area contributed by atoms with Gasteiger partial charge < -0.3 is 5.32 Å². The molecule has 162 valence electrons. The molecule has 1 amide bonds. The number of sulfonamides is 1. The van der Waals surface area contributed by atoms with Crippen molar-refractivity contribution in [1.82, 2.24) is 10.0 Å². The first-order valence-electron chi connectivity index (χ1n) is 10.4. The Labute approximate surface area is 188 Å². The fourth-order valence-electron chi connectivity index (χ4n) is 3.46. The van der Waals surface area contributed by atoms with Gasteiger partial charge in [-0.05, 0) is 48.1 Å². The van der Waals surface area contributed by atoms with Crippen LogP contribution in [0.2, 0.25) is 0 Å². The Morgan fingerprint density at radius 3 is 2.03 bits per heavy atom.